The highest BCUT2D eigenvalue weighted by Crippen LogP contribution is 1.98. The first-order valence-corrected chi connectivity index (χ1v) is 3.14. The predicted octanol–water partition coefficient (Wildman–Crippen LogP) is 3.14. The summed E-state index contributed by atoms with van der Waals surface area (Å²) >= 11 is 0. The zero-order valence-corrected chi connectivity index (χ0v) is 5.56. The lowest BCUT2D eigenvalue weighted by molar-refractivity contribution is 0.729. The van der Waals surface area contributed by atoms with E-state index in [0.29, 0.717) is 6.90 Å². The Labute approximate surface area is 55.4 Å². The summed E-state index contributed by atoms with van der Waals surface area (Å²) in [4.78, 5) is 0. The van der Waals surface area contributed by atoms with E-state index in [0.717, 1.165) is 19.3 Å². The molecule has 1 atom stereocenters. The van der Waals surface area contributed by atoms with Crippen LogP contribution in [0.25, 0.3) is 0 Å². The fourth-order valence-corrected chi connectivity index (χ4v) is 0.494. The van der Waals surface area contributed by atoms with Crippen LogP contribution in [-0.2, 0) is 0 Å². The minimum absolute atomic E-state index is 0.0153. The summed E-state index contributed by atoms with van der Waals surface area (Å²) in [5, 5.41) is 0. The molecule has 0 aromatic rings. The summed E-state index contributed by atoms with van der Waals surface area (Å²) in [6.07, 6.45) is 6.58. The van der Waals surface area contributed by atoms with Crippen LogP contribution in [-0.4, -0.2) is 0 Å². The fraction of sp³-hybridized carbons (Fsp3) is 0.750. The topological polar surface area (TPSA) is 0 Å². The highest BCUT2D eigenvalue weighted by Gasteiger charge is 1.78. The first-order valence-electron chi connectivity index (χ1n) is 4.42. The van der Waals surface area contributed by atoms with Gasteiger partial charge < -0.3 is 0 Å². The summed E-state index contributed by atoms with van der Waals surface area (Å²) in [5.41, 5.74) is 0. The highest BCUT2D eigenvalue weighted by atomic mass is 13.8. The summed E-state index contributed by atoms with van der Waals surface area (Å²) in [5.74, 6) is 0. The van der Waals surface area contributed by atoms with Crippen molar-refractivity contribution in [2.45, 2.75) is 39.5 Å². The Bertz CT molecular complexity index is 89.3. The van der Waals surface area contributed by atoms with Gasteiger partial charge in [0.05, 0.1) is 0 Å². The maximum Gasteiger partial charge on any atom is 0.0270 e. The molecule has 0 rings (SSSR count). The van der Waals surface area contributed by atoms with Gasteiger partial charge in [-0.3, -0.25) is 0 Å². The van der Waals surface area contributed by atoms with E-state index in [2.05, 4.69) is 0 Å². The molecule has 1 unspecified atom stereocenters. The largest absolute Gasteiger partial charge is 0.0917 e. The van der Waals surface area contributed by atoms with Crippen LogP contribution in [0, 0.1) is 0 Å². The maximum atomic E-state index is 7.44. The van der Waals surface area contributed by atoms with E-state index in [1.54, 1.807) is 0 Å². The van der Waals surface area contributed by atoms with E-state index >= 15 is 0 Å². The van der Waals surface area contributed by atoms with Gasteiger partial charge in [0, 0.05) is 2.74 Å². The molecule has 0 radical (unpaired) electrons. The van der Waals surface area contributed by atoms with Gasteiger partial charge in [-0.15, -0.1) is 0 Å². The maximum absolute atomic E-state index is 7.44. The average molecular weight is 114 g/mol. The minimum atomic E-state index is 0.0153. The van der Waals surface area contributed by atoms with Gasteiger partial charge in [-0.1, -0.05) is 31.9 Å². The van der Waals surface area contributed by atoms with Gasteiger partial charge in [-0.2, -0.15) is 0 Å². The standard InChI is InChI=1S/C8H16/c1-3-5-7-8-6-4-2/h3,5H,4,6-8H2,1-2H3/i2D,8D. The Hall–Kier alpha value is -0.260. The Kier molecular flexibility index (Phi) is 3.88. The third-order valence-electron chi connectivity index (χ3n) is 0.947. The van der Waals surface area contributed by atoms with Crippen LogP contribution in [0.2, 0.25) is 0 Å². The first-order chi connectivity index (χ1) is 4.81. The van der Waals surface area contributed by atoms with Crippen LogP contribution >= 0.6 is 0 Å². The van der Waals surface area contributed by atoms with Crippen LogP contribution in [0.1, 0.15) is 42.2 Å². The summed E-state index contributed by atoms with van der Waals surface area (Å²) in [6.45, 7) is 2.43. The molecule has 0 saturated heterocycles. The van der Waals surface area contributed by atoms with Crippen molar-refractivity contribution in [3.05, 3.63) is 12.2 Å². The SMILES string of the molecule is [2H]CCCC([2H])CC=CC. The van der Waals surface area contributed by atoms with Gasteiger partial charge >= 0.3 is 0 Å². The molecule has 0 bridgehead atoms. The Morgan fingerprint density at radius 3 is 3.25 bits per heavy atom. The van der Waals surface area contributed by atoms with Gasteiger partial charge in [0.25, 0.3) is 0 Å². The molecule has 0 spiro atoms. The van der Waals surface area contributed by atoms with E-state index in [9.17, 15) is 0 Å². The Morgan fingerprint density at radius 2 is 2.62 bits per heavy atom. The molecule has 0 N–H and O–H groups in total. The quantitative estimate of drug-likeness (QED) is 0.492. The van der Waals surface area contributed by atoms with Crippen molar-refractivity contribution in [1.82, 2.24) is 0 Å². The monoisotopic (exact) mass is 114 g/mol. The zero-order valence-electron chi connectivity index (χ0n) is 7.56. The molecule has 0 heterocycles. The second-order valence-corrected chi connectivity index (χ2v) is 1.74. The number of allylic oxidation sites excluding steroid dienone is 2. The van der Waals surface area contributed by atoms with Crippen molar-refractivity contribution >= 4 is 0 Å². The van der Waals surface area contributed by atoms with Crippen LogP contribution in [0.3, 0.4) is 0 Å². The fourth-order valence-electron chi connectivity index (χ4n) is 0.494. The van der Waals surface area contributed by atoms with E-state index in [4.69, 9.17) is 2.74 Å². The number of hydrogen-bond donors (Lipinski definition) is 0. The summed E-state index contributed by atoms with van der Waals surface area (Å²) in [6, 6.07) is 0. The van der Waals surface area contributed by atoms with Crippen LogP contribution in [0.5, 0.6) is 0 Å². The van der Waals surface area contributed by atoms with E-state index in [1.807, 2.05) is 19.1 Å². The third kappa shape index (κ3) is 5.74. The molecule has 0 saturated carbocycles. The molecule has 0 aliphatic carbocycles. The van der Waals surface area contributed by atoms with E-state index in [-0.39, 0.29) is 6.40 Å². The van der Waals surface area contributed by atoms with Crippen molar-refractivity contribution in [3.8, 4) is 0 Å². The molecule has 0 aliphatic rings. The molecule has 0 nitrogen and oxygen atoms in total. The first kappa shape index (κ1) is 4.60. The molecule has 48 valence electrons. The molecular formula is C8H16. The minimum Gasteiger partial charge on any atom is -0.0917 e. The number of rotatable bonds is 4. The van der Waals surface area contributed by atoms with Crippen molar-refractivity contribution < 1.29 is 2.74 Å². The molecule has 0 fully saturated rings. The zero-order chi connectivity index (χ0) is 7.82. The van der Waals surface area contributed by atoms with Gasteiger partial charge in [0.15, 0.2) is 0 Å². The highest BCUT2D eigenvalue weighted by molar-refractivity contribution is 4.75. The second-order valence-electron chi connectivity index (χ2n) is 1.74. The van der Waals surface area contributed by atoms with Gasteiger partial charge in [-0.25, -0.2) is 0 Å². The Balaban J connectivity index is 3.16. The predicted molar refractivity (Wildman–Crippen MR) is 39.0 cm³/mol. The lowest BCUT2D eigenvalue weighted by Gasteiger charge is -1.88. The Morgan fingerprint density at radius 1 is 1.75 bits per heavy atom. The van der Waals surface area contributed by atoms with Crippen molar-refractivity contribution in [1.29, 1.82) is 0 Å². The van der Waals surface area contributed by atoms with Crippen LogP contribution in [0.15, 0.2) is 12.2 Å². The van der Waals surface area contributed by atoms with Crippen LogP contribution in [0.4, 0.5) is 0 Å². The normalized spacial score (nSPS) is 18.1. The van der Waals surface area contributed by atoms with E-state index < -0.39 is 0 Å². The average Bonchev–Trinajstić information content (AvgIpc) is 1.97. The molecular weight excluding hydrogens is 96.1 g/mol. The molecule has 0 aromatic heterocycles. The number of hydrogen-bond acceptors (Lipinski definition) is 0. The molecule has 0 amide bonds. The van der Waals surface area contributed by atoms with Crippen molar-refractivity contribution in [2.75, 3.05) is 0 Å². The lowest BCUT2D eigenvalue weighted by Crippen LogP contribution is -1.68. The molecule has 8 heavy (non-hydrogen) atoms. The molecule has 0 heteroatoms. The van der Waals surface area contributed by atoms with Crippen molar-refractivity contribution in [3.63, 3.8) is 0 Å². The van der Waals surface area contributed by atoms with Gasteiger partial charge in [-0.05, 0) is 19.7 Å². The summed E-state index contributed by atoms with van der Waals surface area (Å²) in [7, 11) is 0. The van der Waals surface area contributed by atoms with Crippen LogP contribution < -0.4 is 0 Å². The smallest absolute Gasteiger partial charge is 0.0270 e. The van der Waals surface area contributed by atoms with Gasteiger partial charge in [0.1, 0.15) is 0 Å². The van der Waals surface area contributed by atoms with Crippen molar-refractivity contribution in [2.24, 2.45) is 0 Å². The van der Waals surface area contributed by atoms with E-state index in [1.165, 1.54) is 0 Å². The summed E-state index contributed by atoms with van der Waals surface area (Å²) < 4.78 is 14.3. The molecule has 0 aromatic carbocycles. The van der Waals surface area contributed by atoms with Gasteiger partial charge in [0.2, 0.25) is 0 Å². The second kappa shape index (κ2) is 6.74. The third-order valence-corrected chi connectivity index (χ3v) is 0.947. The molecule has 0 aliphatic heterocycles. The lowest BCUT2D eigenvalue weighted by atomic mass is 10.2.